The van der Waals surface area contributed by atoms with Gasteiger partial charge in [-0.2, -0.15) is 5.26 Å². The molecule has 0 bridgehead atoms. The minimum atomic E-state index is -0.948. The van der Waals surface area contributed by atoms with Gasteiger partial charge < -0.3 is 14.8 Å². The van der Waals surface area contributed by atoms with E-state index in [1.54, 1.807) is 43.3 Å². The average Bonchev–Trinajstić information content (AvgIpc) is 2.68. The van der Waals surface area contributed by atoms with E-state index in [0.29, 0.717) is 23.5 Å². The van der Waals surface area contributed by atoms with Gasteiger partial charge in [-0.25, -0.2) is 9.18 Å². The molecule has 7 heteroatoms. The van der Waals surface area contributed by atoms with Gasteiger partial charge in [0, 0.05) is 0 Å². The quantitative estimate of drug-likeness (QED) is 0.449. The van der Waals surface area contributed by atoms with E-state index in [1.165, 1.54) is 18.2 Å². The van der Waals surface area contributed by atoms with Crippen LogP contribution in [0.15, 0.2) is 48.0 Å². The number of nitrogens with one attached hydrogen (secondary N) is 1. The molecule has 0 atom stereocenters. The van der Waals surface area contributed by atoms with E-state index in [2.05, 4.69) is 5.32 Å². The Balaban J connectivity index is 1.95. The van der Waals surface area contributed by atoms with Crippen molar-refractivity contribution in [1.82, 2.24) is 0 Å². The summed E-state index contributed by atoms with van der Waals surface area (Å²) in [7, 11) is 0. The van der Waals surface area contributed by atoms with Gasteiger partial charge in [-0.15, -0.1) is 0 Å². The first kappa shape index (κ1) is 20.6. The van der Waals surface area contributed by atoms with Crippen molar-refractivity contribution in [2.24, 2.45) is 0 Å². The van der Waals surface area contributed by atoms with Crippen LogP contribution in [0.3, 0.4) is 0 Å². The number of carbonyl (C=O) groups excluding carboxylic acids is 2. The van der Waals surface area contributed by atoms with Crippen LogP contribution in [0.1, 0.15) is 18.1 Å². The Morgan fingerprint density at radius 2 is 1.93 bits per heavy atom. The molecule has 0 heterocycles. The number of rotatable bonds is 7. The zero-order valence-corrected chi connectivity index (χ0v) is 15.5. The smallest absolute Gasteiger partial charge is 0.349 e. The van der Waals surface area contributed by atoms with Crippen LogP contribution in [0.5, 0.6) is 5.75 Å². The Labute approximate surface area is 162 Å². The minimum Gasteiger partial charge on any atom is -0.494 e. The summed E-state index contributed by atoms with van der Waals surface area (Å²) in [6.07, 6.45) is 1.34. The van der Waals surface area contributed by atoms with E-state index >= 15 is 0 Å². The van der Waals surface area contributed by atoms with Crippen molar-refractivity contribution >= 4 is 23.6 Å². The molecule has 0 saturated carbocycles. The summed E-state index contributed by atoms with van der Waals surface area (Å²) >= 11 is 0. The summed E-state index contributed by atoms with van der Waals surface area (Å²) in [5, 5.41) is 11.5. The van der Waals surface area contributed by atoms with Crippen LogP contribution in [0.25, 0.3) is 6.08 Å². The maximum Gasteiger partial charge on any atom is 0.349 e. The second kappa shape index (κ2) is 9.88. The van der Waals surface area contributed by atoms with E-state index < -0.39 is 24.3 Å². The highest BCUT2D eigenvalue weighted by atomic mass is 19.1. The van der Waals surface area contributed by atoms with E-state index in [-0.39, 0.29) is 11.3 Å². The van der Waals surface area contributed by atoms with Gasteiger partial charge >= 0.3 is 5.97 Å². The Kier molecular flexibility index (Phi) is 7.28. The Hall–Kier alpha value is -3.66. The van der Waals surface area contributed by atoms with Crippen molar-refractivity contribution in [3.05, 3.63) is 65.0 Å². The maximum atomic E-state index is 13.7. The van der Waals surface area contributed by atoms with Gasteiger partial charge in [0.05, 0.1) is 12.3 Å². The summed E-state index contributed by atoms with van der Waals surface area (Å²) < 4.78 is 23.9. The van der Waals surface area contributed by atoms with Crippen LogP contribution in [0.4, 0.5) is 10.1 Å². The number of anilines is 1. The van der Waals surface area contributed by atoms with Crippen LogP contribution >= 0.6 is 0 Å². The van der Waals surface area contributed by atoms with Gasteiger partial charge in [0.2, 0.25) is 0 Å². The summed E-state index contributed by atoms with van der Waals surface area (Å²) in [6.45, 7) is 3.46. The molecular weight excluding hydrogens is 363 g/mol. The van der Waals surface area contributed by atoms with E-state index in [9.17, 15) is 14.0 Å². The van der Waals surface area contributed by atoms with Gasteiger partial charge in [0.15, 0.2) is 6.61 Å². The fourth-order valence-corrected chi connectivity index (χ4v) is 2.25. The molecular formula is C21H19FN2O4. The van der Waals surface area contributed by atoms with Gasteiger partial charge in [0.25, 0.3) is 5.91 Å². The van der Waals surface area contributed by atoms with Crippen LogP contribution in [0.2, 0.25) is 0 Å². The molecule has 0 aliphatic rings. The highest BCUT2D eigenvalue weighted by Crippen LogP contribution is 2.16. The highest BCUT2D eigenvalue weighted by molar-refractivity contribution is 6.00. The highest BCUT2D eigenvalue weighted by Gasteiger charge is 2.14. The lowest BCUT2D eigenvalue weighted by atomic mass is 10.1. The second-order valence-corrected chi connectivity index (χ2v) is 5.78. The van der Waals surface area contributed by atoms with Crippen molar-refractivity contribution in [3.63, 3.8) is 0 Å². The molecule has 28 heavy (non-hydrogen) atoms. The maximum absolute atomic E-state index is 13.7. The van der Waals surface area contributed by atoms with Crippen LogP contribution in [-0.2, 0) is 14.3 Å². The standard InChI is InChI=1S/C21H19FN2O4/c1-3-27-17-7-5-15(6-8-17)11-16(12-23)21(26)28-13-20(25)24-19-9-4-14(2)10-18(19)22/h4-11H,3,13H2,1-2H3,(H,24,25)/b16-11+. The Morgan fingerprint density at radius 1 is 1.21 bits per heavy atom. The molecule has 0 saturated heterocycles. The van der Waals surface area contributed by atoms with Crippen molar-refractivity contribution in [1.29, 1.82) is 5.26 Å². The monoisotopic (exact) mass is 382 g/mol. The number of nitrogens with zero attached hydrogens (tertiary/aromatic N) is 1. The summed E-state index contributed by atoms with van der Waals surface area (Å²) in [4.78, 5) is 23.9. The number of halogens is 1. The molecule has 1 N–H and O–H groups in total. The number of aryl methyl sites for hydroxylation is 1. The summed E-state index contributed by atoms with van der Waals surface area (Å²) in [6, 6.07) is 12.8. The number of hydrogen-bond donors (Lipinski definition) is 1. The molecule has 144 valence electrons. The topological polar surface area (TPSA) is 88.4 Å². The summed E-state index contributed by atoms with van der Waals surface area (Å²) in [5.41, 5.74) is 1.03. The normalized spacial score (nSPS) is 10.7. The second-order valence-electron chi connectivity index (χ2n) is 5.78. The van der Waals surface area contributed by atoms with Gasteiger partial charge in [-0.1, -0.05) is 18.2 Å². The molecule has 0 unspecified atom stereocenters. The van der Waals surface area contributed by atoms with E-state index in [4.69, 9.17) is 14.7 Å². The van der Waals surface area contributed by atoms with E-state index in [0.717, 1.165) is 0 Å². The fourth-order valence-electron chi connectivity index (χ4n) is 2.25. The van der Waals surface area contributed by atoms with Crippen molar-refractivity contribution < 1.29 is 23.5 Å². The van der Waals surface area contributed by atoms with Crippen LogP contribution in [0, 0.1) is 24.1 Å². The predicted molar refractivity (Wildman–Crippen MR) is 102 cm³/mol. The third-order valence-corrected chi connectivity index (χ3v) is 3.58. The largest absolute Gasteiger partial charge is 0.494 e. The van der Waals surface area contributed by atoms with Gasteiger partial charge in [0.1, 0.15) is 23.2 Å². The molecule has 2 aromatic carbocycles. The predicted octanol–water partition coefficient (Wildman–Crippen LogP) is 3.62. The first-order valence-electron chi connectivity index (χ1n) is 8.50. The lowest BCUT2D eigenvalue weighted by Crippen LogP contribution is -2.22. The fraction of sp³-hybridized carbons (Fsp3) is 0.190. The molecule has 1 amide bonds. The van der Waals surface area contributed by atoms with Gasteiger partial charge in [-0.05, 0) is 55.3 Å². The molecule has 2 rings (SSSR count). The number of hydrogen-bond acceptors (Lipinski definition) is 5. The molecule has 0 aliphatic carbocycles. The number of carbonyl (C=O) groups is 2. The molecule has 0 aliphatic heterocycles. The molecule has 0 radical (unpaired) electrons. The Morgan fingerprint density at radius 3 is 2.54 bits per heavy atom. The van der Waals surface area contributed by atoms with Crippen molar-refractivity contribution in [3.8, 4) is 11.8 Å². The zero-order valence-electron chi connectivity index (χ0n) is 15.5. The SMILES string of the molecule is CCOc1ccc(/C=C(\C#N)C(=O)OCC(=O)Nc2ccc(C)cc2F)cc1. The number of amides is 1. The van der Waals surface area contributed by atoms with E-state index in [1.807, 2.05) is 6.92 Å². The van der Waals surface area contributed by atoms with Crippen LogP contribution < -0.4 is 10.1 Å². The lowest BCUT2D eigenvalue weighted by Gasteiger charge is -2.08. The number of ether oxygens (including phenoxy) is 2. The van der Waals surface area contributed by atoms with Crippen molar-refractivity contribution in [2.45, 2.75) is 13.8 Å². The van der Waals surface area contributed by atoms with Gasteiger partial charge in [-0.3, -0.25) is 4.79 Å². The molecule has 0 fully saturated rings. The minimum absolute atomic E-state index is 0.0166. The number of esters is 1. The van der Waals surface area contributed by atoms with Crippen molar-refractivity contribution in [2.75, 3.05) is 18.5 Å². The third kappa shape index (κ3) is 5.95. The number of nitriles is 1. The molecule has 2 aromatic rings. The molecule has 6 nitrogen and oxygen atoms in total. The first-order valence-corrected chi connectivity index (χ1v) is 8.50. The average molecular weight is 382 g/mol. The molecule has 0 aromatic heterocycles. The third-order valence-electron chi connectivity index (χ3n) is 3.58. The first-order chi connectivity index (χ1) is 13.4. The van der Waals surface area contributed by atoms with Crippen LogP contribution in [-0.4, -0.2) is 25.1 Å². The Bertz CT molecular complexity index is 930. The number of benzene rings is 2. The summed E-state index contributed by atoms with van der Waals surface area (Å²) in [5.74, 6) is -1.58. The zero-order chi connectivity index (χ0) is 20.5. The molecule has 0 spiro atoms. The lowest BCUT2D eigenvalue weighted by molar-refractivity contribution is -0.142.